The van der Waals surface area contributed by atoms with Crippen molar-refractivity contribution in [3.05, 3.63) is 29.3 Å². The lowest BCUT2D eigenvalue weighted by atomic mass is 10.0. The number of alkyl halides is 2. The largest absolute Gasteiger partial charge is 0.481 e. The Hall–Kier alpha value is -1.31. The molecule has 156 valence electrons. The minimum atomic E-state index is -3.66. The summed E-state index contributed by atoms with van der Waals surface area (Å²) < 4.78 is 22.3. The second-order valence-corrected chi connectivity index (χ2v) is 9.37. The Morgan fingerprint density at radius 3 is 2.43 bits per heavy atom. The lowest BCUT2D eigenvalue weighted by Crippen LogP contribution is -2.40. The standard InChI is InChI=1S/C17H23Cl2N2O6P/c18-6-8-20(9-7-19)28(26)21(12-17(24)25)11-14-10-13(2-1-3-16(22)23)4-5-15(14)27-28/h4-5,10H,1-3,6-9,11-12H2,(H,22,23)(H,24,25). The highest BCUT2D eigenvalue weighted by Gasteiger charge is 2.44. The molecule has 1 atom stereocenters. The lowest BCUT2D eigenvalue weighted by molar-refractivity contribution is -0.138. The van der Waals surface area contributed by atoms with E-state index in [1.165, 1.54) is 9.34 Å². The highest BCUT2D eigenvalue weighted by Crippen LogP contribution is 2.58. The fraction of sp³-hybridized carbons (Fsp3) is 0.529. The van der Waals surface area contributed by atoms with E-state index in [9.17, 15) is 19.3 Å². The molecule has 1 aliphatic rings. The molecule has 1 heterocycles. The maximum absolute atomic E-state index is 13.7. The zero-order valence-corrected chi connectivity index (χ0v) is 17.6. The molecule has 2 N–H and O–H groups in total. The maximum Gasteiger partial charge on any atom is 0.396 e. The van der Waals surface area contributed by atoms with E-state index in [1.54, 1.807) is 12.1 Å². The summed E-state index contributed by atoms with van der Waals surface area (Å²) in [6, 6.07) is 5.32. The third-order valence-electron chi connectivity index (χ3n) is 4.27. The van der Waals surface area contributed by atoms with Gasteiger partial charge in [-0.25, -0.2) is 9.24 Å². The van der Waals surface area contributed by atoms with Gasteiger partial charge in [-0.2, -0.15) is 4.67 Å². The third kappa shape index (κ3) is 5.84. The van der Waals surface area contributed by atoms with E-state index < -0.39 is 26.2 Å². The van der Waals surface area contributed by atoms with Crippen molar-refractivity contribution in [2.45, 2.75) is 25.8 Å². The molecule has 0 aromatic heterocycles. The van der Waals surface area contributed by atoms with Gasteiger partial charge < -0.3 is 14.7 Å². The van der Waals surface area contributed by atoms with E-state index in [2.05, 4.69) is 0 Å². The minimum absolute atomic E-state index is 0.0692. The average Bonchev–Trinajstić information content (AvgIpc) is 2.62. The Bertz CT molecular complexity index is 757. The number of carboxylic acid groups (broad SMARTS) is 2. The molecule has 0 spiro atoms. The van der Waals surface area contributed by atoms with Crippen LogP contribution in [0.3, 0.4) is 0 Å². The van der Waals surface area contributed by atoms with Gasteiger partial charge in [0.15, 0.2) is 0 Å². The summed E-state index contributed by atoms with van der Waals surface area (Å²) in [5.41, 5.74) is 1.62. The molecule has 0 amide bonds. The second-order valence-electron chi connectivity index (χ2n) is 6.32. The van der Waals surface area contributed by atoms with E-state index in [-0.39, 0.29) is 37.8 Å². The molecule has 0 fully saturated rings. The van der Waals surface area contributed by atoms with E-state index in [1.807, 2.05) is 6.07 Å². The molecule has 8 nitrogen and oxygen atoms in total. The van der Waals surface area contributed by atoms with Crippen molar-refractivity contribution in [3.63, 3.8) is 0 Å². The number of carbonyl (C=O) groups is 2. The van der Waals surface area contributed by atoms with Crippen LogP contribution in [0.15, 0.2) is 18.2 Å². The lowest BCUT2D eigenvalue weighted by Gasteiger charge is -2.40. The van der Waals surface area contributed by atoms with Gasteiger partial charge in [0.1, 0.15) is 12.3 Å². The van der Waals surface area contributed by atoms with Gasteiger partial charge in [0, 0.05) is 43.4 Å². The van der Waals surface area contributed by atoms with Gasteiger partial charge in [-0.05, 0) is 24.5 Å². The predicted molar refractivity (Wildman–Crippen MR) is 106 cm³/mol. The molecule has 0 radical (unpaired) electrons. The number of hydrogen-bond acceptors (Lipinski definition) is 4. The molecule has 1 aliphatic heterocycles. The molecular weight excluding hydrogens is 430 g/mol. The van der Waals surface area contributed by atoms with Crippen LogP contribution >= 0.6 is 30.9 Å². The molecule has 1 unspecified atom stereocenters. The minimum Gasteiger partial charge on any atom is -0.481 e. The highest BCUT2D eigenvalue weighted by atomic mass is 35.5. The van der Waals surface area contributed by atoms with Crippen LogP contribution in [0.5, 0.6) is 5.75 Å². The third-order valence-corrected chi connectivity index (χ3v) is 7.15. The van der Waals surface area contributed by atoms with Crippen LogP contribution in [0.1, 0.15) is 24.0 Å². The fourth-order valence-corrected chi connectivity index (χ4v) is 6.02. The molecule has 0 aliphatic carbocycles. The number of carboxylic acids is 2. The number of fused-ring (bicyclic) bond motifs is 1. The molecule has 2 rings (SSSR count). The van der Waals surface area contributed by atoms with Crippen molar-refractivity contribution >= 4 is 42.8 Å². The first-order valence-corrected chi connectivity index (χ1v) is 11.4. The average molecular weight is 453 g/mol. The van der Waals surface area contributed by atoms with Gasteiger partial charge in [0.2, 0.25) is 0 Å². The molecular formula is C17H23Cl2N2O6P. The summed E-state index contributed by atoms with van der Waals surface area (Å²) in [4.78, 5) is 22.0. The van der Waals surface area contributed by atoms with E-state index in [0.717, 1.165) is 5.56 Å². The first-order valence-electron chi connectivity index (χ1n) is 8.78. The summed E-state index contributed by atoms with van der Waals surface area (Å²) in [5.74, 6) is -1.17. The topological polar surface area (TPSA) is 107 Å². The first-order chi connectivity index (χ1) is 13.3. The maximum atomic E-state index is 13.7. The normalized spacial score (nSPS) is 19.2. The van der Waals surface area contributed by atoms with Gasteiger partial charge in [-0.3, -0.25) is 9.59 Å². The van der Waals surface area contributed by atoms with Crippen LogP contribution < -0.4 is 4.52 Å². The van der Waals surface area contributed by atoms with E-state index >= 15 is 0 Å². The number of halogens is 2. The molecule has 1 aromatic rings. The smallest absolute Gasteiger partial charge is 0.396 e. The van der Waals surface area contributed by atoms with Crippen molar-refractivity contribution < 1.29 is 28.9 Å². The summed E-state index contributed by atoms with van der Waals surface area (Å²) in [5, 5.41) is 18.0. The molecule has 28 heavy (non-hydrogen) atoms. The Balaban J connectivity index is 2.30. The van der Waals surface area contributed by atoms with Gasteiger partial charge in [0.05, 0.1) is 0 Å². The zero-order chi connectivity index (χ0) is 20.7. The fourth-order valence-electron chi connectivity index (χ4n) is 3.01. The van der Waals surface area contributed by atoms with Crippen LogP contribution in [0, 0.1) is 0 Å². The second kappa shape index (κ2) is 10.5. The van der Waals surface area contributed by atoms with Gasteiger partial charge >= 0.3 is 19.6 Å². The number of rotatable bonds is 11. The Labute approximate surface area is 173 Å². The van der Waals surface area contributed by atoms with E-state index in [4.69, 9.17) is 32.8 Å². The number of hydrogen-bond donors (Lipinski definition) is 2. The number of aryl methyl sites for hydroxylation is 1. The molecule has 0 saturated carbocycles. The Morgan fingerprint density at radius 2 is 1.86 bits per heavy atom. The summed E-state index contributed by atoms with van der Waals surface area (Å²) in [7, 11) is -3.66. The van der Waals surface area contributed by atoms with Gasteiger partial charge in [0.25, 0.3) is 0 Å². The predicted octanol–water partition coefficient (Wildman–Crippen LogP) is 3.26. The summed E-state index contributed by atoms with van der Waals surface area (Å²) in [6.07, 6.45) is 1.13. The number of benzene rings is 1. The van der Waals surface area contributed by atoms with Crippen molar-refractivity contribution in [2.75, 3.05) is 31.4 Å². The first kappa shape index (κ1) is 23.0. The molecule has 1 aromatic carbocycles. The van der Waals surface area contributed by atoms with Crippen LogP contribution in [-0.2, 0) is 27.1 Å². The van der Waals surface area contributed by atoms with Gasteiger partial charge in [-0.15, -0.1) is 23.2 Å². The Kier molecular flexibility index (Phi) is 8.58. The number of aliphatic carboxylic acids is 2. The van der Waals surface area contributed by atoms with Crippen LogP contribution in [0.4, 0.5) is 0 Å². The molecule has 11 heteroatoms. The molecule has 0 saturated heterocycles. The zero-order valence-electron chi connectivity index (χ0n) is 15.2. The monoisotopic (exact) mass is 452 g/mol. The van der Waals surface area contributed by atoms with E-state index in [0.29, 0.717) is 24.2 Å². The highest BCUT2D eigenvalue weighted by molar-refractivity contribution is 7.54. The molecule has 0 bridgehead atoms. The summed E-state index contributed by atoms with van der Waals surface area (Å²) >= 11 is 11.6. The van der Waals surface area contributed by atoms with Crippen LogP contribution in [0.2, 0.25) is 0 Å². The Morgan fingerprint density at radius 1 is 1.18 bits per heavy atom. The SMILES string of the molecule is O=C(O)CCCc1ccc2c(c1)CN(CC(=O)O)P(=O)(N(CCCl)CCCl)O2. The van der Waals surface area contributed by atoms with Crippen LogP contribution in [-0.4, -0.2) is 62.9 Å². The van der Waals surface area contributed by atoms with Crippen molar-refractivity contribution in [1.82, 2.24) is 9.34 Å². The van der Waals surface area contributed by atoms with Crippen molar-refractivity contribution in [3.8, 4) is 5.75 Å². The van der Waals surface area contributed by atoms with Crippen molar-refractivity contribution in [2.24, 2.45) is 0 Å². The number of nitrogens with zero attached hydrogens (tertiary/aromatic N) is 2. The van der Waals surface area contributed by atoms with Crippen molar-refractivity contribution in [1.29, 1.82) is 0 Å². The van der Waals surface area contributed by atoms with Crippen LogP contribution in [0.25, 0.3) is 0 Å². The summed E-state index contributed by atoms with van der Waals surface area (Å²) in [6.45, 7) is 0.155. The quantitative estimate of drug-likeness (QED) is 0.389. The van der Waals surface area contributed by atoms with Gasteiger partial charge in [-0.1, -0.05) is 12.1 Å².